The lowest BCUT2D eigenvalue weighted by atomic mass is 10.2. The Morgan fingerprint density at radius 3 is 2.84 bits per heavy atom. The van der Waals surface area contributed by atoms with E-state index in [2.05, 4.69) is 22.2 Å². The molecule has 0 radical (unpaired) electrons. The number of carbonyl (C=O) groups excluding carboxylic acids is 2. The van der Waals surface area contributed by atoms with Crippen LogP contribution < -0.4 is 11.1 Å². The van der Waals surface area contributed by atoms with Crippen molar-refractivity contribution in [1.82, 2.24) is 10.2 Å². The lowest BCUT2D eigenvalue weighted by Crippen LogP contribution is -2.48. The second kappa shape index (κ2) is 7.60. The lowest BCUT2D eigenvalue weighted by molar-refractivity contribution is -0.121. The summed E-state index contributed by atoms with van der Waals surface area (Å²) in [5.41, 5.74) is 5.95. The first-order valence-corrected chi connectivity index (χ1v) is 6.52. The van der Waals surface area contributed by atoms with Gasteiger partial charge in [-0.2, -0.15) is 0 Å². The van der Waals surface area contributed by atoms with E-state index in [-0.39, 0.29) is 12.6 Å². The summed E-state index contributed by atoms with van der Waals surface area (Å²) >= 11 is 0. The van der Waals surface area contributed by atoms with Crippen molar-refractivity contribution >= 4 is 17.6 Å². The van der Waals surface area contributed by atoms with Gasteiger partial charge in [0.15, 0.2) is 0 Å². The van der Waals surface area contributed by atoms with Crippen molar-refractivity contribution in [2.24, 2.45) is 10.9 Å². The normalized spacial score (nSPS) is 20.6. The molecule has 1 unspecified atom stereocenters. The van der Waals surface area contributed by atoms with Crippen molar-refractivity contribution < 1.29 is 14.4 Å². The number of carbonyl (C=O) groups is 2. The fraction of sp³-hybridized carbons (Fsp3) is 0.750. The van der Waals surface area contributed by atoms with Crippen LogP contribution in [0.5, 0.6) is 0 Å². The van der Waals surface area contributed by atoms with E-state index in [0.29, 0.717) is 18.7 Å². The third-order valence-electron chi connectivity index (χ3n) is 3.02. The van der Waals surface area contributed by atoms with Crippen LogP contribution in [-0.2, 0) is 9.63 Å². The highest BCUT2D eigenvalue weighted by atomic mass is 16.6. The SMILES string of the molecule is CCCCCNC(=O)N1CC(=NOC)CC1C(N)=O. The first-order valence-electron chi connectivity index (χ1n) is 6.52. The maximum Gasteiger partial charge on any atom is 0.318 e. The molecule has 0 aromatic rings. The molecule has 7 heteroatoms. The summed E-state index contributed by atoms with van der Waals surface area (Å²) in [6.45, 7) is 2.98. The Balaban J connectivity index is 2.55. The van der Waals surface area contributed by atoms with Gasteiger partial charge in [-0.05, 0) is 6.42 Å². The predicted octanol–water partition coefficient (Wildman–Crippen LogP) is 0.448. The second-order valence-electron chi connectivity index (χ2n) is 4.53. The molecule has 1 heterocycles. The Bertz CT molecular complexity index is 357. The molecule has 19 heavy (non-hydrogen) atoms. The average Bonchev–Trinajstić information content (AvgIpc) is 2.79. The summed E-state index contributed by atoms with van der Waals surface area (Å²) in [6, 6.07) is -0.915. The monoisotopic (exact) mass is 270 g/mol. The summed E-state index contributed by atoms with van der Waals surface area (Å²) in [6.07, 6.45) is 3.42. The van der Waals surface area contributed by atoms with Crippen LogP contribution in [0.3, 0.4) is 0 Å². The van der Waals surface area contributed by atoms with Gasteiger partial charge >= 0.3 is 6.03 Å². The van der Waals surface area contributed by atoms with Gasteiger partial charge in [0.25, 0.3) is 0 Å². The van der Waals surface area contributed by atoms with Crippen molar-refractivity contribution in [2.45, 2.75) is 38.6 Å². The Morgan fingerprint density at radius 1 is 1.53 bits per heavy atom. The molecule has 0 bridgehead atoms. The van der Waals surface area contributed by atoms with E-state index < -0.39 is 11.9 Å². The maximum absolute atomic E-state index is 12.0. The molecule has 3 N–H and O–H groups in total. The highest BCUT2D eigenvalue weighted by Crippen LogP contribution is 2.15. The van der Waals surface area contributed by atoms with Crippen LogP contribution in [0, 0.1) is 0 Å². The Labute approximate surface area is 113 Å². The van der Waals surface area contributed by atoms with Gasteiger partial charge in [0.2, 0.25) is 5.91 Å². The zero-order valence-electron chi connectivity index (χ0n) is 11.5. The fourth-order valence-electron chi connectivity index (χ4n) is 2.04. The van der Waals surface area contributed by atoms with Gasteiger partial charge in [-0.1, -0.05) is 24.9 Å². The van der Waals surface area contributed by atoms with Gasteiger partial charge in [-0.15, -0.1) is 0 Å². The fourth-order valence-corrected chi connectivity index (χ4v) is 2.04. The molecule has 0 spiro atoms. The molecule has 0 saturated carbocycles. The Hall–Kier alpha value is -1.79. The molecular weight excluding hydrogens is 248 g/mol. The number of amides is 3. The highest BCUT2D eigenvalue weighted by Gasteiger charge is 2.36. The van der Waals surface area contributed by atoms with Crippen molar-refractivity contribution in [1.29, 1.82) is 0 Å². The molecule has 1 aliphatic heterocycles. The number of nitrogens with one attached hydrogen (secondary N) is 1. The zero-order chi connectivity index (χ0) is 14.3. The van der Waals surface area contributed by atoms with E-state index >= 15 is 0 Å². The smallest absolute Gasteiger partial charge is 0.318 e. The van der Waals surface area contributed by atoms with Crippen LogP contribution in [-0.4, -0.2) is 48.8 Å². The van der Waals surface area contributed by atoms with Gasteiger partial charge in [0, 0.05) is 13.0 Å². The summed E-state index contributed by atoms with van der Waals surface area (Å²) < 4.78 is 0. The molecule has 0 aromatic carbocycles. The van der Waals surface area contributed by atoms with Crippen molar-refractivity contribution in [3.8, 4) is 0 Å². The third-order valence-corrected chi connectivity index (χ3v) is 3.02. The zero-order valence-corrected chi connectivity index (χ0v) is 11.5. The number of likely N-dealkylation sites (tertiary alicyclic amines) is 1. The molecule has 108 valence electrons. The largest absolute Gasteiger partial charge is 0.399 e. The van der Waals surface area contributed by atoms with Gasteiger partial charge < -0.3 is 20.8 Å². The number of primary amides is 1. The van der Waals surface area contributed by atoms with Gasteiger partial charge in [-0.3, -0.25) is 4.79 Å². The van der Waals surface area contributed by atoms with Gasteiger partial charge in [-0.25, -0.2) is 4.79 Å². The van der Waals surface area contributed by atoms with Crippen LogP contribution in [0.2, 0.25) is 0 Å². The molecular formula is C12H22N4O3. The molecule has 1 aliphatic rings. The van der Waals surface area contributed by atoms with E-state index in [1.165, 1.54) is 12.0 Å². The molecule has 0 aromatic heterocycles. The standard InChI is InChI=1S/C12H22N4O3/c1-3-4-5-6-14-12(18)16-8-9(15-19-2)7-10(16)11(13)17/h10H,3-8H2,1-2H3,(H2,13,17)(H,14,18). The van der Waals surface area contributed by atoms with E-state index in [1.54, 1.807) is 0 Å². The number of urea groups is 1. The van der Waals surface area contributed by atoms with E-state index in [1.807, 2.05) is 0 Å². The number of nitrogens with zero attached hydrogens (tertiary/aromatic N) is 2. The molecule has 7 nitrogen and oxygen atoms in total. The minimum atomic E-state index is -0.639. The van der Waals surface area contributed by atoms with Crippen LogP contribution in [0.4, 0.5) is 4.79 Å². The summed E-state index contributed by atoms with van der Waals surface area (Å²) in [5.74, 6) is -0.523. The van der Waals surface area contributed by atoms with Gasteiger partial charge in [0.05, 0.1) is 12.3 Å². The average molecular weight is 270 g/mol. The molecule has 0 aliphatic carbocycles. The summed E-state index contributed by atoms with van der Waals surface area (Å²) in [7, 11) is 1.43. The minimum absolute atomic E-state index is 0.277. The van der Waals surface area contributed by atoms with E-state index in [4.69, 9.17) is 5.73 Å². The number of oxime groups is 1. The van der Waals surface area contributed by atoms with E-state index in [0.717, 1.165) is 19.3 Å². The predicted molar refractivity (Wildman–Crippen MR) is 71.7 cm³/mol. The minimum Gasteiger partial charge on any atom is -0.399 e. The first kappa shape index (κ1) is 15.3. The third kappa shape index (κ3) is 4.42. The van der Waals surface area contributed by atoms with Crippen molar-refractivity contribution in [2.75, 3.05) is 20.2 Å². The van der Waals surface area contributed by atoms with Crippen molar-refractivity contribution in [3.05, 3.63) is 0 Å². The summed E-state index contributed by atoms with van der Waals surface area (Å²) in [5, 5.41) is 6.58. The molecule has 3 amide bonds. The van der Waals surface area contributed by atoms with Crippen LogP contribution >= 0.6 is 0 Å². The lowest BCUT2D eigenvalue weighted by Gasteiger charge is -2.21. The van der Waals surface area contributed by atoms with Crippen LogP contribution in [0.25, 0.3) is 0 Å². The first-order chi connectivity index (χ1) is 9.10. The number of hydrogen-bond donors (Lipinski definition) is 2. The van der Waals surface area contributed by atoms with Crippen molar-refractivity contribution in [3.63, 3.8) is 0 Å². The number of unbranched alkanes of at least 4 members (excludes halogenated alkanes) is 2. The summed E-state index contributed by atoms with van der Waals surface area (Å²) in [4.78, 5) is 29.4. The number of hydrogen-bond acceptors (Lipinski definition) is 4. The van der Waals surface area contributed by atoms with Crippen LogP contribution in [0.1, 0.15) is 32.6 Å². The van der Waals surface area contributed by atoms with Crippen LogP contribution in [0.15, 0.2) is 5.16 Å². The molecule has 1 atom stereocenters. The Kier molecular flexibility index (Phi) is 6.11. The quantitative estimate of drug-likeness (QED) is 0.541. The maximum atomic E-state index is 12.0. The number of rotatable bonds is 6. The Morgan fingerprint density at radius 2 is 2.26 bits per heavy atom. The molecule has 1 fully saturated rings. The molecule has 1 saturated heterocycles. The highest BCUT2D eigenvalue weighted by molar-refractivity contribution is 6.00. The number of nitrogens with two attached hydrogens (primary N) is 1. The topological polar surface area (TPSA) is 97.0 Å². The molecule has 1 rings (SSSR count). The van der Waals surface area contributed by atoms with Gasteiger partial charge in [0.1, 0.15) is 13.2 Å². The second-order valence-corrected chi connectivity index (χ2v) is 4.53. The van der Waals surface area contributed by atoms with E-state index in [9.17, 15) is 9.59 Å².